The Bertz CT molecular complexity index is 531. The minimum Gasteiger partial charge on any atom is -0.382 e. The first kappa shape index (κ1) is 21.7. The molecule has 0 saturated carbocycles. The third kappa shape index (κ3) is 7.48. The average molecular weight is 378 g/mol. The molecule has 0 aromatic heterocycles. The number of hydrogen-bond acceptors (Lipinski definition) is 4. The zero-order valence-corrected chi connectivity index (χ0v) is 16.8. The number of guanidine groups is 1. The summed E-state index contributed by atoms with van der Waals surface area (Å²) in [5, 5.41) is 6.77. The van der Waals surface area contributed by atoms with Gasteiger partial charge in [0.15, 0.2) is 5.96 Å². The van der Waals surface area contributed by atoms with Crippen LogP contribution in [0.5, 0.6) is 0 Å². The van der Waals surface area contributed by atoms with E-state index in [1.165, 1.54) is 5.56 Å². The van der Waals surface area contributed by atoms with Crippen molar-refractivity contribution in [2.45, 2.75) is 31.6 Å². The maximum atomic E-state index is 5.62. The van der Waals surface area contributed by atoms with Crippen LogP contribution < -0.4 is 10.6 Å². The van der Waals surface area contributed by atoms with Gasteiger partial charge in [-0.2, -0.15) is 0 Å². The van der Waals surface area contributed by atoms with Gasteiger partial charge in [0.25, 0.3) is 0 Å². The predicted molar refractivity (Wildman–Crippen MR) is 109 cm³/mol. The van der Waals surface area contributed by atoms with Crippen molar-refractivity contribution in [3.63, 3.8) is 0 Å². The van der Waals surface area contributed by atoms with E-state index in [-0.39, 0.29) is 5.41 Å². The molecule has 1 aromatic rings. The summed E-state index contributed by atoms with van der Waals surface area (Å²) in [6.45, 7) is 8.14. The quantitative estimate of drug-likeness (QED) is 0.352. The molecule has 6 heteroatoms. The molecule has 1 aliphatic rings. The lowest BCUT2D eigenvalue weighted by Gasteiger charge is -2.36. The highest BCUT2D eigenvalue weighted by Crippen LogP contribution is 2.35. The Kier molecular flexibility index (Phi) is 10.2. The van der Waals surface area contributed by atoms with Crippen molar-refractivity contribution >= 4 is 5.96 Å². The molecule has 0 bridgehead atoms. The van der Waals surface area contributed by atoms with Crippen LogP contribution >= 0.6 is 0 Å². The summed E-state index contributed by atoms with van der Waals surface area (Å²) in [4.78, 5) is 4.91. The Morgan fingerprint density at radius 3 is 2.59 bits per heavy atom. The molecule has 0 amide bonds. The largest absolute Gasteiger partial charge is 0.382 e. The molecule has 0 radical (unpaired) electrons. The highest BCUT2D eigenvalue weighted by molar-refractivity contribution is 5.79. The first-order chi connectivity index (χ1) is 13.3. The van der Waals surface area contributed by atoms with Crippen molar-refractivity contribution < 1.29 is 14.2 Å². The average Bonchev–Trinajstić information content (AvgIpc) is 2.72. The Morgan fingerprint density at radius 2 is 1.89 bits per heavy atom. The number of methoxy groups -OCH3 is 1. The predicted octanol–water partition coefficient (Wildman–Crippen LogP) is 2.34. The van der Waals surface area contributed by atoms with Gasteiger partial charge in [0.2, 0.25) is 0 Å². The van der Waals surface area contributed by atoms with Crippen LogP contribution in [0, 0.1) is 0 Å². The van der Waals surface area contributed by atoms with Gasteiger partial charge in [-0.1, -0.05) is 30.3 Å². The molecule has 1 fully saturated rings. The number of nitrogens with one attached hydrogen (secondary N) is 2. The van der Waals surface area contributed by atoms with Gasteiger partial charge in [0.05, 0.1) is 19.8 Å². The maximum Gasteiger partial charge on any atom is 0.191 e. The molecular formula is C21H35N3O3. The van der Waals surface area contributed by atoms with E-state index in [0.717, 1.165) is 64.7 Å². The smallest absolute Gasteiger partial charge is 0.191 e. The normalized spacial score (nSPS) is 16.9. The summed E-state index contributed by atoms with van der Waals surface area (Å²) in [7, 11) is 1.69. The second-order valence-corrected chi connectivity index (χ2v) is 6.84. The van der Waals surface area contributed by atoms with E-state index in [9.17, 15) is 0 Å². The molecule has 0 unspecified atom stereocenters. The van der Waals surface area contributed by atoms with E-state index >= 15 is 0 Å². The summed E-state index contributed by atoms with van der Waals surface area (Å²) < 4.78 is 16.1. The van der Waals surface area contributed by atoms with Crippen molar-refractivity contribution in [2.24, 2.45) is 4.99 Å². The molecule has 0 spiro atoms. The fourth-order valence-corrected chi connectivity index (χ4v) is 3.29. The summed E-state index contributed by atoms with van der Waals surface area (Å²) in [5.74, 6) is 0.871. The molecule has 6 nitrogen and oxygen atoms in total. The molecule has 152 valence electrons. The van der Waals surface area contributed by atoms with Crippen LogP contribution in [0.2, 0.25) is 0 Å². The molecule has 2 rings (SSSR count). The Hall–Kier alpha value is -1.63. The van der Waals surface area contributed by atoms with Gasteiger partial charge in [-0.3, -0.25) is 4.99 Å². The van der Waals surface area contributed by atoms with E-state index < -0.39 is 0 Å². The molecule has 27 heavy (non-hydrogen) atoms. The summed E-state index contributed by atoms with van der Waals surface area (Å²) in [6.07, 6.45) is 2.95. The number of nitrogens with zero attached hydrogens (tertiary/aromatic N) is 1. The fourth-order valence-electron chi connectivity index (χ4n) is 3.29. The van der Waals surface area contributed by atoms with Crippen LogP contribution in [0.1, 0.15) is 31.7 Å². The van der Waals surface area contributed by atoms with Crippen molar-refractivity contribution in [3.8, 4) is 0 Å². The van der Waals surface area contributed by atoms with Gasteiger partial charge in [-0.05, 0) is 31.7 Å². The number of hydrogen-bond donors (Lipinski definition) is 2. The van der Waals surface area contributed by atoms with E-state index in [1.807, 2.05) is 0 Å². The minimum atomic E-state index is 0.0606. The number of benzene rings is 1. The van der Waals surface area contributed by atoms with Crippen LogP contribution in [0.15, 0.2) is 35.3 Å². The lowest BCUT2D eigenvalue weighted by molar-refractivity contribution is 0.0531. The fraction of sp³-hybridized carbons (Fsp3) is 0.667. The first-order valence-electron chi connectivity index (χ1n) is 10.0. The highest BCUT2D eigenvalue weighted by atomic mass is 16.5. The Labute approximate surface area is 163 Å². The van der Waals surface area contributed by atoms with Gasteiger partial charge in [-0.25, -0.2) is 0 Å². The lowest BCUT2D eigenvalue weighted by atomic mass is 9.74. The van der Waals surface area contributed by atoms with Crippen LogP contribution in [0.3, 0.4) is 0 Å². The lowest BCUT2D eigenvalue weighted by Crippen LogP contribution is -2.41. The summed E-state index contributed by atoms with van der Waals surface area (Å²) in [5.41, 5.74) is 1.42. The van der Waals surface area contributed by atoms with E-state index in [1.54, 1.807) is 7.11 Å². The van der Waals surface area contributed by atoms with Crippen LogP contribution in [-0.4, -0.2) is 65.7 Å². The van der Waals surface area contributed by atoms with Crippen molar-refractivity contribution in [3.05, 3.63) is 35.9 Å². The zero-order chi connectivity index (χ0) is 19.2. The third-order valence-electron chi connectivity index (χ3n) is 4.91. The van der Waals surface area contributed by atoms with Crippen LogP contribution in [0.4, 0.5) is 0 Å². The van der Waals surface area contributed by atoms with Gasteiger partial charge in [0, 0.05) is 45.4 Å². The van der Waals surface area contributed by atoms with Gasteiger partial charge < -0.3 is 24.8 Å². The van der Waals surface area contributed by atoms with Gasteiger partial charge in [0.1, 0.15) is 0 Å². The molecule has 0 aliphatic carbocycles. The van der Waals surface area contributed by atoms with Gasteiger partial charge >= 0.3 is 0 Å². The molecule has 1 aliphatic heterocycles. The molecule has 1 aromatic carbocycles. The highest BCUT2D eigenvalue weighted by Gasteiger charge is 2.34. The first-order valence-corrected chi connectivity index (χ1v) is 10.0. The molecule has 0 atom stereocenters. The topological polar surface area (TPSA) is 64.1 Å². The molecule has 2 N–H and O–H groups in total. The van der Waals surface area contributed by atoms with Crippen molar-refractivity contribution in [2.75, 3.05) is 59.8 Å². The molecular weight excluding hydrogens is 342 g/mol. The summed E-state index contributed by atoms with van der Waals surface area (Å²) >= 11 is 0. The Morgan fingerprint density at radius 1 is 1.11 bits per heavy atom. The third-order valence-corrected chi connectivity index (χ3v) is 4.91. The number of ether oxygens (including phenoxy) is 3. The monoisotopic (exact) mass is 377 g/mol. The van der Waals surface area contributed by atoms with E-state index in [0.29, 0.717) is 13.2 Å². The SMILES string of the molecule is CCNC(=NCC1(c2ccccc2)CCOCC1)NCCCOCCOC. The molecule has 1 saturated heterocycles. The number of aliphatic imine (C=N–C) groups is 1. The second kappa shape index (κ2) is 12.7. The van der Waals surface area contributed by atoms with Crippen molar-refractivity contribution in [1.29, 1.82) is 0 Å². The van der Waals surface area contributed by atoms with E-state index in [2.05, 4.69) is 47.9 Å². The second-order valence-electron chi connectivity index (χ2n) is 6.84. The van der Waals surface area contributed by atoms with E-state index in [4.69, 9.17) is 19.2 Å². The maximum absolute atomic E-state index is 5.62. The van der Waals surface area contributed by atoms with Crippen LogP contribution in [0.25, 0.3) is 0 Å². The Balaban J connectivity index is 1.90. The standard InChI is InChI=1S/C21H35N3O3/c1-3-22-20(23-12-7-13-26-17-16-25-2)24-18-21(10-14-27-15-11-21)19-8-5-4-6-9-19/h4-6,8-9H,3,7,10-18H2,1-2H3,(H2,22,23,24). The number of rotatable bonds is 11. The summed E-state index contributed by atoms with van der Waals surface area (Å²) in [6, 6.07) is 10.7. The van der Waals surface area contributed by atoms with Crippen molar-refractivity contribution in [1.82, 2.24) is 10.6 Å². The van der Waals surface area contributed by atoms with Crippen LogP contribution in [-0.2, 0) is 19.6 Å². The molecule has 1 heterocycles. The zero-order valence-electron chi connectivity index (χ0n) is 16.8. The van der Waals surface area contributed by atoms with Gasteiger partial charge in [-0.15, -0.1) is 0 Å². The minimum absolute atomic E-state index is 0.0606.